The second-order valence-electron chi connectivity index (χ2n) is 5.69. The van der Waals surface area contributed by atoms with Gasteiger partial charge >= 0.3 is 0 Å². The Labute approximate surface area is 124 Å². The molecule has 1 aromatic rings. The minimum Gasteiger partial charge on any atom is -0.455 e. The maximum absolute atomic E-state index is 12.3. The van der Waals surface area contributed by atoms with Crippen LogP contribution in [0.1, 0.15) is 29.2 Å². The van der Waals surface area contributed by atoms with Gasteiger partial charge in [0.15, 0.2) is 15.6 Å². The SMILES string of the molecule is O=C(c1ccc(CN2CCCC2)o1)N1CCS(=O)(=O)CC1. The average Bonchev–Trinajstić information content (AvgIpc) is 3.10. The molecule has 2 aliphatic rings. The molecule has 1 aromatic heterocycles. The van der Waals surface area contributed by atoms with E-state index in [9.17, 15) is 13.2 Å². The monoisotopic (exact) mass is 312 g/mol. The Kier molecular flexibility index (Phi) is 4.03. The number of hydrogen-bond acceptors (Lipinski definition) is 5. The highest BCUT2D eigenvalue weighted by Gasteiger charge is 2.27. The van der Waals surface area contributed by atoms with Crippen LogP contribution in [0.15, 0.2) is 16.5 Å². The fourth-order valence-electron chi connectivity index (χ4n) is 2.81. The molecule has 3 rings (SSSR count). The molecule has 21 heavy (non-hydrogen) atoms. The maximum Gasteiger partial charge on any atom is 0.289 e. The smallest absolute Gasteiger partial charge is 0.289 e. The zero-order valence-electron chi connectivity index (χ0n) is 12.0. The molecule has 116 valence electrons. The van der Waals surface area contributed by atoms with Crippen LogP contribution in [0.5, 0.6) is 0 Å². The Balaban J connectivity index is 1.61. The molecule has 2 fully saturated rings. The van der Waals surface area contributed by atoms with Crippen LogP contribution in [0.4, 0.5) is 0 Å². The van der Waals surface area contributed by atoms with Crippen LogP contribution in [0, 0.1) is 0 Å². The van der Waals surface area contributed by atoms with Gasteiger partial charge in [-0.05, 0) is 38.1 Å². The summed E-state index contributed by atoms with van der Waals surface area (Å²) in [6, 6.07) is 3.53. The summed E-state index contributed by atoms with van der Waals surface area (Å²) in [6.07, 6.45) is 2.43. The quantitative estimate of drug-likeness (QED) is 0.823. The molecule has 3 heterocycles. The van der Waals surface area contributed by atoms with E-state index in [4.69, 9.17) is 4.42 Å². The topological polar surface area (TPSA) is 70.8 Å². The van der Waals surface area contributed by atoms with Crippen molar-refractivity contribution in [2.75, 3.05) is 37.7 Å². The molecule has 0 spiro atoms. The first kappa shape index (κ1) is 14.6. The van der Waals surface area contributed by atoms with Crippen LogP contribution in [0.3, 0.4) is 0 Å². The van der Waals surface area contributed by atoms with Gasteiger partial charge < -0.3 is 9.32 Å². The molecule has 2 saturated heterocycles. The molecule has 0 unspecified atom stereocenters. The number of furan rings is 1. The molecule has 7 heteroatoms. The molecule has 1 amide bonds. The highest BCUT2D eigenvalue weighted by atomic mass is 32.2. The predicted octanol–water partition coefficient (Wildman–Crippen LogP) is 0.746. The van der Waals surface area contributed by atoms with Crippen LogP contribution in [0.2, 0.25) is 0 Å². The van der Waals surface area contributed by atoms with E-state index >= 15 is 0 Å². The molecule has 0 N–H and O–H groups in total. The summed E-state index contributed by atoms with van der Waals surface area (Å²) >= 11 is 0. The lowest BCUT2D eigenvalue weighted by atomic mass is 10.3. The van der Waals surface area contributed by atoms with E-state index in [2.05, 4.69) is 4.90 Å². The summed E-state index contributed by atoms with van der Waals surface area (Å²) in [5.74, 6) is 0.978. The van der Waals surface area contributed by atoms with Crippen molar-refractivity contribution < 1.29 is 17.6 Å². The van der Waals surface area contributed by atoms with Crippen LogP contribution in [0.25, 0.3) is 0 Å². The molecular weight excluding hydrogens is 292 g/mol. The van der Waals surface area contributed by atoms with E-state index in [0.29, 0.717) is 5.76 Å². The Hall–Kier alpha value is -1.34. The number of carbonyl (C=O) groups excluding carboxylic acids is 1. The van der Waals surface area contributed by atoms with Crippen molar-refractivity contribution in [2.45, 2.75) is 19.4 Å². The van der Waals surface area contributed by atoms with Crippen LogP contribution in [-0.2, 0) is 16.4 Å². The van der Waals surface area contributed by atoms with Gasteiger partial charge in [0.25, 0.3) is 5.91 Å². The van der Waals surface area contributed by atoms with Crippen LogP contribution >= 0.6 is 0 Å². The van der Waals surface area contributed by atoms with Crippen molar-refractivity contribution in [3.8, 4) is 0 Å². The standard InChI is InChI=1S/C14H20N2O4S/c17-14(16-7-9-21(18,19)10-8-16)13-4-3-12(20-13)11-15-5-1-2-6-15/h3-4H,1-2,5-11H2. The highest BCUT2D eigenvalue weighted by molar-refractivity contribution is 7.91. The lowest BCUT2D eigenvalue weighted by Gasteiger charge is -2.25. The van der Waals surface area contributed by atoms with Crippen molar-refractivity contribution >= 4 is 15.7 Å². The first-order chi connectivity index (χ1) is 10.0. The number of amides is 1. The van der Waals surface area contributed by atoms with E-state index in [1.165, 1.54) is 12.8 Å². The Morgan fingerprint density at radius 1 is 1.10 bits per heavy atom. The minimum atomic E-state index is -2.97. The van der Waals surface area contributed by atoms with E-state index in [-0.39, 0.29) is 30.5 Å². The van der Waals surface area contributed by atoms with Gasteiger partial charge in [0.05, 0.1) is 18.1 Å². The Morgan fingerprint density at radius 2 is 1.76 bits per heavy atom. The zero-order valence-corrected chi connectivity index (χ0v) is 12.8. The zero-order chi connectivity index (χ0) is 14.9. The third kappa shape index (κ3) is 3.47. The Bertz CT molecular complexity index is 603. The third-order valence-electron chi connectivity index (χ3n) is 4.08. The largest absolute Gasteiger partial charge is 0.455 e. The second-order valence-corrected chi connectivity index (χ2v) is 8.00. The second kappa shape index (κ2) is 5.81. The van der Waals surface area contributed by atoms with E-state index in [0.717, 1.165) is 25.4 Å². The van der Waals surface area contributed by atoms with Gasteiger partial charge in [-0.2, -0.15) is 0 Å². The van der Waals surface area contributed by atoms with Gasteiger partial charge in [0.1, 0.15) is 5.76 Å². The molecule has 0 atom stereocenters. The molecule has 0 radical (unpaired) electrons. The molecular formula is C14H20N2O4S. The van der Waals surface area contributed by atoms with Gasteiger partial charge in [-0.15, -0.1) is 0 Å². The predicted molar refractivity (Wildman–Crippen MR) is 77.8 cm³/mol. The van der Waals surface area contributed by atoms with Gasteiger partial charge in [0, 0.05) is 13.1 Å². The Morgan fingerprint density at radius 3 is 2.43 bits per heavy atom. The van der Waals surface area contributed by atoms with E-state index < -0.39 is 9.84 Å². The lowest BCUT2D eigenvalue weighted by molar-refractivity contribution is 0.0735. The van der Waals surface area contributed by atoms with Crippen LogP contribution < -0.4 is 0 Å². The molecule has 0 aromatic carbocycles. The van der Waals surface area contributed by atoms with Crippen molar-refractivity contribution in [1.82, 2.24) is 9.80 Å². The fraction of sp³-hybridized carbons (Fsp3) is 0.643. The first-order valence-electron chi connectivity index (χ1n) is 7.34. The van der Waals surface area contributed by atoms with Crippen molar-refractivity contribution in [2.24, 2.45) is 0 Å². The van der Waals surface area contributed by atoms with Crippen molar-refractivity contribution in [3.63, 3.8) is 0 Å². The lowest BCUT2D eigenvalue weighted by Crippen LogP contribution is -2.43. The normalized spacial score (nSPS) is 22.6. The van der Waals surface area contributed by atoms with E-state index in [1.54, 1.807) is 11.0 Å². The number of rotatable bonds is 3. The number of hydrogen-bond donors (Lipinski definition) is 0. The van der Waals surface area contributed by atoms with Gasteiger partial charge in [-0.1, -0.05) is 0 Å². The third-order valence-corrected chi connectivity index (χ3v) is 5.69. The summed E-state index contributed by atoms with van der Waals surface area (Å²) in [5.41, 5.74) is 0. The minimum absolute atomic E-state index is 0.0417. The summed E-state index contributed by atoms with van der Waals surface area (Å²) in [7, 11) is -2.97. The fourth-order valence-corrected chi connectivity index (χ4v) is 4.01. The number of sulfone groups is 1. The summed E-state index contributed by atoms with van der Waals surface area (Å²) in [5, 5.41) is 0. The summed E-state index contributed by atoms with van der Waals surface area (Å²) < 4.78 is 28.4. The molecule has 0 saturated carbocycles. The molecule has 0 bridgehead atoms. The highest BCUT2D eigenvalue weighted by Crippen LogP contribution is 2.17. The number of nitrogens with zero attached hydrogens (tertiary/aromatic N) is 2. The first-order valence-corrected chi connectivity index (χ1v) is 9.16. The van der Waals surface area contributed by atoms with Crippen molar-refractivity contribution in [1.29, 1.82) is 0 Å². The van der Waals surface area contributed by atoms with Gasteiger partial charge in [-0.25, -0.2) is 8.42 Å². The summed E-state index contributed by atoms with van der Waals surface area (Å²) in [6.45, 7) is 3.40. The maximum atomic E-state index is 12.3. The number of likely N-dealkylation sites (tertiary alicyclic amines) is 1. The van der Waals surface area contributed by atoms with Gasteiger partial charge in [0.2, 0.25) is 0 Å². The van der Waals surface area contributed by atoms with Crippen molar-refractivity contribution in [3.05, 3.63) is 23.7 Å². The number of carbonyl (C=O) groups is 1. The van der Waals surface area contributed by atoms with E-state index in [1.807, 2.05) is 6.07 Å². The summed E-state index contributed by atoms with van der Waals surface area (Å²) in [4.78, 5) is 16.1. The average molecular weight is 312 g/mol. The molecule has 0 aliphatic carbocycles. The molecule has 6 nitrogen and oxygen atoms in total. The van der Waals surface area contributed by atoms with Crippen LogP contribution in [-0.4, -0.2) is 61.8 Å². The molecule has 2 aliphatic heterocycles. The van der Waals surface area contributed by atoms with Gasteiger partial charge in [-0.3, -0.25) is 9.69 Å².